The van der Waals surface area contributed by atoms with E-state index in [4.69, 9.17) is 16.5 Å². The Balaban J connectivity index is 1.61. The highest BCUT2D eigenvalue weighted by molar-refractivity contribution is 9.10. The zero-order valence-corrected chi connectivity index (χ0v) is 17.6. The largest absolute Gasteiger partial charge is 0.383 e. The molecule has 29 heavy (non-hydrogen) atoms. The minimum atomic E-state index is 0.386. The number of anilines is 1. The van der Waals surface area contributed by atoms with E-state index in [2.05, 4.69) is 38.1 Å². The fraction of sp³-hybridized carbons (Fsp3) is 0.318. The van der Waals surface area contributed by atoms with Gasteiger partial charge in [-0.25, -0.2) is 4.98 Å². The molecule has 148 valence electrons. The third-order valence-electron chi connectivity index (χ3n) is 6.12. The number of benzene rings is 1. The first-order chi connectivity index (χ1) is 14.2. The first-order valence-electron chi connectivity index (χ1n) is 10.0. The van der Waals surface area contributed by atoms with Crippen LogP contribution in [0.4, 0.5) is 5.82 Å². The van der Waals surface area contributed by atoms with E-state index in [0.717, 1.165) is 70.1 Å². The number of para-hydroxylation sites is 1. The third-order valence-corrected chi connectivity index (χ3v) is 6.93. The number of hydrogen-bond acceptors (Lipinski definition) is 5. The monoisotopic (exact) mass is 450 g/mol. The summed E-state index contributed by atoms with van der Waals surface area (Å²) in [6.07, 6.45) is 8.16. The fourth-order valence-corrected chi connectivity index (χ4v) is 4.96. The van der Waals surface area contributed by atoms with E-state index in [1.165, 1.54) is 0 Å². The van der Waals surface area contributed by atoms with Crippen LogP contribution in [0.15, 0.2) is 47.2 Å². The first-order valence-corrected chi connectivity index (χ1v) is 10.8. The minimum absolute atomic E-state index is 0.386. The van der Waals surface area contributed by atoms with Gasteiger partial charge in [-0.05, 0) is 66.2 Å². The summed E-state index contributed by atoms with van der Waals surface area (Å²) in [7, 11) is 0. The molecule has 1 aromatic carbocycles. The van der Waals surface area contributed by atoms with Crippen molar-refractivity contribution in [1.29, 1.82) is 0 Å². The van der Waals surface area contributed by atoms with Crippen molar-refractivity contribution >= 4 is 38.3 Å². The molecule has 7 heteroatoms. The lowest BCUT2D eigenvalue weighted by Gasteiger charge is -2.28. The van der Waals surface area contributed by atoms with Crippen LogP contribution in [0, 0.1) is 5.92 Å². The topological polar surface area (TPSA) is 95.1 Å². The van der Waals surface area contributed by atoms with Gasteiger partial charge in [-0.15, -0.1) is 0 Å². The van der Waals surface area contributed by atoms with E-state index in [9.17, 15) is 0 Å². The average Bonchev–Trinajstić information content (AvgIpc) is 3.20. The summed E-state index contributed by atoms with van der Waals surface area (Å²) >= 11 is 3.68. The van der Waals surface area contributed by atoms with Gasteiger partial charge in [-0.1, -0.05) is 18.2 Å². The number of pyridine rings is 1. The Morgan fingerprint density at radius 3 is 2.69 bits per heavy atom. The van der Waals surface area contributed by atoms with Crippen LogP contribution in [0.25, 0.3) is 27.7 Å². The molecular weight excluding hydrogens is 428 g/mol. The molecule has 1 aliphatic rings. The van der Waals surface area contributed by atoms with Crippen molar-refractivity contribution in [1.82, 2.24) is 19.6 Å². The van der Waals surface area contributed by atoms with Gasteiger partial charge in [-0.3, -0.25) is 4.98 Å². The van der Waals surface area contributed by atoms with Gasteiger partial charge in [0.2, 0.25) is 0 Å². The Morgan fingerprint density at radius 2 is 1.90 bits per heavy atom. The minimum Gasteiger partial charge on any atom is -0.383 e. The summed E-state index contributed by atoms with van der Waals surface area (Å²) in [4.78, 5) is 9.64. The molecule has 1 aliphatic carbocycles. The zero-order chi connectivity index (χ0) is 20.0. The predicted molar refractivity (Wildman–Crippen MR) is 120 cm³/mol. The average molecular weight is 451 g/mol. The summed E-state index contributed by atoms with van der Waals surface area (Å²) in [5, 5.41) is 5.59. The smallest absolute Gasteiger partial charge is 0.165 e. The van der Waals surface area contributed by atoms with Crippen LogP contribution in [0.3, 0.4) is 0 Å². The maximum Gasteiger partial charge on any atom is 0.165 e. The molecule has 3 heterocycles. The number of halogens is 1. The molecule has 6 nitrogen and oxygen atoms in total. The lowest BCUT2D eigenvalue weighted by molar-refractivity contribution is 0.329. The molecular formula is C22H23BrN6. The van der Waals surface area contributed by atoms with Gasteiger partial charge in [0.1, 0.15) is 5.82 Å². The van der Waals surface area contributed by atoms with E-state index < -0.39 is 0 Å². The SMILES string of the molecule is NCC1CCC(c2nc3c(-c4cnc5ccccc5c4)cnn3c(N)c2Br)CC1. The maximum atomic E-state index is 6.44. The van der Waals surface area contributed by atoms with Gasteiger partial charge < -0.3 is 11.5 Å². The lowest BCUT2D eigenvalue weighted by Crippen LogP contribution is -2.21. The highest BCUT2D eigenvalue weighted by Gasteiger charge is 2.27. The number of nitrogens with zero attached hydrogens (tertiary/aromatic N) is 4. The Kier molecular flexibility index (Phi) is 4.72. The van der Waals surface area contributed by atoms with E-state index in [0.29, 0.717) is 17.7 Å². The Labute approximate surface area is 177 Å². The van der Waals surface area contributed by atoms with Crippen LogP contribution in [-0.4, -0.2) is 26.1 Å². The zero-order valence-electron chi connectivity index (χ0n) is 16.1. The quantitative estimate of drug-likeness (QED) is 0.478. The van der Waals surface area contributed by atoms with Crippen LogP contribution >= 0.6 is 15.9 Å². The van der Waals surface area contributed by atoms with Crippen LogP contribution in [0.5, 0.6) is 0 Å². The number of nitrogens with two attached hydrogens (primary N) is 2. The first kappa shape index (κ1) is 18.5. The molecule has 0 unspecified atom stereocenters. The molecule has 1 fully saturated rings. The van der Waals surface area contributed by atoms with Crippen molar-refractivity contribution in [2.24, 2.45) is 11.7 Å². The van der Waals surface area contributed by atoms with E-state index >= 15 is 0 Å². The molecule has 0 saturated heterocycles. The number of rotatable bonds is 3. The number of nitrogen functional groups attached to an aromatic ring is 1. The standard InChI is InChI=1S/C22H23BrN6/c23-19-20(14-7-5-13(10-24)6-8-14)28-22-17(12-27-29(22)21(19)25)16-9-15-3-1-2-4-18(15)26-11-16/h1-4,9,11-14H,5-8,10,24-25H2. The van der Waals surface area contributed by atoms with Gasteiger partial charge in [0, 0.05) is 28.6 Å². The van der Waals surface area contributed by atoms with Crippen molar-refractivity contribution < 1.29 is 0 Å². The Hall–Kier alpha value is -2.51. The molecule has 5 rings (SSSR count). The Morgan fingerprint density at radius 1 is 1.10 bits per heavy atom. The van der Waals surface area contributed by atoms with Gasteiger partial charge in [0.05, 0.1) is 21.9 Å². The molecule has 4 N–H and O–H groups in total. The van der Waals surface area contributed by atoms with Gasteiger partial charge in [-0.2, -0.15) is 9.61 Å². The highest BCUT2D eigenvalue weighted by Crippen LogP contribution is 2.40. The van der Waals surface area contributed by atoms with Crippen molar-refractivity contribution in [3.8, 4) is 11.1 Å². The van der Waals surface area contributed by atoms with E-state index in [1.807, 2.05) is 30.6 Å². The van der Waals surface area contributed by atoms with Crippen molar-refractivity contribution in [3.05, 3.63) is 52.9 Å². The number of aromatic nitrogens is 4. The van der Waals surface area contributed by atoms with Crippen molar-refractivity contribution in [3.63, 3.8) is 0 Å². The van der Waals surface area contributed by atoms with E-state index in [1.54, 1.807) is 4.52 Å². The summed E-state index contributed by atoms with van der Waals surface area (Å²) in [5.41, 5.74) is 17.0. The predicted octanol–water partition coefficient (Wildman–Crippen LogP) is 4.52. The van der Waals surface area contributed by atoms with E-state index in [-0.39, 0.29) is 0 Å². The molecule has 0 radical (unpaired) electrons. The molecule has 0 atom stereocenters. The second-order valence-corrected chi connectivity index (χ2v) is 8.65. The highest BCUT2D eigenvalue weighted by atomic mass is 79.9. The Bertz CT molecular complexity index is 1190. The molecule has 4 aromatic rings. The van der Waals surface area contributed by atoms with Gasteiger partial charge in [0.15, 0.2) is 5.65 Å². The number of hydrogen-bond donors (Lipinski definition) is 2. The van der Waals surface area contributed by atoms with Crippen LogP contribution in [0.1, 0.15) is 37.3 Å². The third kappa shape index (κ3) is 3.18. The van der Waals surface area contributed by atoms with Crippen molar-refractivity contribution in [2.45, 2.75) is 31.6 Å². The van der Waals surface area contributed by atoms with Crippen LogP contribution in [0.2, 0.25) is 0 Å². The summed E-state index contributed by atoms with van der Waals surface area (Å²) < 4.78 is 2.57. The van der Waals surface area contributed by atoms with Crippen LogP contribution < -0.4 is 11.5 Å². The second-order valence-electron chi connectivity index (χ2n) is 7.86. The van der Waals surface area contributed by atoms with Gasteiger partial charge in [0.25, 0.3) is 0 Å². The normalized spacial score (nSPS) is 19.8. The molecule has 0 bridgehead atoms. The molecule has 1 saturated carbocycles. The molecule has 0 amide bonds. The summed E-state index contributed by atoms with van der Waals surface area (Å²) in [6, 6.07) is 10.2. The molecule has 0 spiro atoms. The van der Waals surface area contributed by atoms with Crippen LogP contribution in [-0.2, 0) is 0 Å². The summed E-state index contributed by atoms with van der Waals surface area (Å²) in [6.45, 7) is 0.768. The lowest BCUT2D eigenvalue weighted by atomic mass is 9.80. The number of fused-ring (bicyclic) bond motifs is 2. The molecule has 3 aromatic heterocycles. The maximum absolute atomic E-state index is 6.44. The van der Waals surface area contributed by atoms with Crippen molar-refractivity contribution in [2.75, 3.05) is 12.3 Å². The summed E-state index contributed by atoms with van der Waals surface area (Å²) in [5.74, 6) is 1.60. The van der Waals surface area contributed by atoms with Gasteiger partial charge >= 0.3 is 0 Å². The fourth-order valence-electron chi connectivity index (χ4n) is 4.38. The second kappa shape index (κ2) is 7.39. The molecule has 0 aliphatic heterocycles.